The first-order valence-electron chi connectivity index (χ1n) is 11.1. The second-order valence-corrected chi connectivity index (χ2v) is 8.57. The number of hydrogen-bond acceptors (Lipinski definition) is 5. The minimum Gasteiger partial charge on any atom is -0.497 e. The lowest BCUT2D eigenvalue weighted by molar-refractivity contribution is -0.133. The first-order valence-corrected chi connectivity index (χ1v) is 11.1. The van der Waals surface area contributed by atoms with Gasteiger partial charge < -0.3 is 19.9 Å². The third kappa shape index (κ3) is 3.68. The number of carbonyl (C=O) groups excluding carboxylic acids is 2. The van der Waals surface area contributed by atoms with Gasteiger partial charge in [-0.15, -0.1) is 0 Å². The summed E-state index contributed by atoms with van der Waals surface area (Å²) >= 11 is 0. The van der Waals surface area contributed by atoms with Gasteiger partial charge in [0, 0.05) is 5.39 Å². The molecule has 0 unspecified atom stereocenters. The van der Waals surface area contributed by atoms with Crippen molar-refractivity contribution in [1.29, 1.82) is 0 Å². The lowest BCUT2D eigenvalue weighted by atomic mass is 9.76. The van der Waals surface area contributed by atoms with E-state index in [1.165, 1.54) is 0 Å². The molecule has 1 aliphatic heterocycles. The van der Waals surface area contributed by atoms with Crippen LogP contribution in [0.5, 0.6) is 11.5 Å². The molecule has 7 heteroatoms. The number of rotatable bonds is 6. The Balaban J connectivity index is 1.31. The zero-order valence-corrected chi connectivity index (χ0v) is 18.4. The smallest absolute Gasteiger partial charge is 0.325 e. The second kappa shape index (κ2) is 8.41. The van der Waals surface area contributed by atoms with E-state index in [0.29, 0.717) is 12.2 Å². The van der Waals surface area contributed by atoms with Gasteiger partial charge in [0.2, 0.25) is 0 Å². The van der Waals surface area contributed by atoms with Crippen LogP contribution in [0.25, 0.3) is 10.8 Å². The average Bonchev–Trinajstić information content (AvgIpc) is 3.07. The van der Waals surface area contributed by atoms with Crippen LogP contribution in [0.1, 0.15) is 24.0 Å². The molecule has 1 spiro atoms. The Labute approximate surface area is 191 Å². The van der Waals surface area contributed by atoms with Gasteiger partial charge in [-0.05, 0) is 54.0 Å². The highest BCUT2D eigenvalue weighted by Crippen LogP contribution is 2.41. The predicted octanol–water partition coefficient (Wildman–Crippen LogP) is 3.37. The number of aliphatic hydroxyl groups excluding tert-OH is 1. The van der Waals surface area contributed by atoms with Gasteiger partial charge >= 0.3 is 6.03 Å². The molecule has 2 N–H and O–H groups in total. The third-order valence-corrected chi connectivity index (χ3v) is 6.52. The van der Waals surface area contributed by atoms with Crippen molar-refractivity contribution < 1.29 is 24.2 Å². The van der Waals surface area contributed by atoms with E-state index in [9.17, 15) is 14.7 Å². The lowest BCUT2D eigenvalue weighted by Gasteiger charge is -2.33. The molecule has 1 aliphatic carbocycles. The van der Waals surface area contributed by atoms with Gasteiger partial charge in [-0.2, -0.15) is 0 Å². The summed E-state index contributed by atoms with van der Waals surface area (Å²) in [5.74, 6) is 1.04. The first-order chi connectivity index (χ1) is 16.0. The zero-order chi connectivity index (χ0) is 23.0. The number of benzene rings is 3. The molecule has 1 fully saturated rings. The van der Waals surface area contributed by atoms with Gasteiger partial charge in [0.1, 0.15) is 29.7 Å². The maximum Gasteiger partial charge on any atom is 0.325 e. The molecular formula is C26H26N2O5. The topological polar surface area (TPSA) is 88.1 Å². The number of carbonyl (C=O) groups is 2. The number of aryl methyl sites for hydroxylation is 1. The summed E-state index contributed by atoms with van der Waals surface area (Å²) in [5.41, 5.74) is 0.709. The molecule has 2 aliphatic rings. The van der Waals surface area contributed by atoms with Crippen molar-refractivity contribution in [2.24, 2.45) is 0 Å². The van der Waals surface area contributed by atoms with E-state index in [-0.39, 0.29) is 19.1 Å². The maximum atomic E-state index is 13.5. The molecule has 7 nitrogen and oxygen atoms in total. The number of urea groups is 1. The SMILES string of the molecule is COc1ccc2c(c1)CCC[C@@]21NC(=O)N(C[C@H](O)COc2cccc3ccccc23)C1=O. The molecule has 2 atom stereocenters. The van der Waals surface area contributed by atoms with Crippen LogP contribution < -0.4 is 14.8 Å². The number of nitrogens with zero attached hydrogens (tertiary/aromatic N) is 1. The quantitative estimate of drug-likeness (QED) is 0.567. The van der Waals surface area contributed by atoms with E-state index >= 15 is 0 Å². The number of amides is 3. The van der Waals surface area contributed by atoms with Crippen molar-refractivity contribution >= 4 is 22.7 Å². The molecule has 170 valence electrons. The molecule has 3 amide bonds. The monoisotopic (exact) mass is 446 g/mol. The van der Waals surface area contributed by atoms with Crippen LogP contribution in [-0.4, -0.2) is 48.3 Å². The summed E-state index contributed by atoms with van der Waals surface area (Å²) in [4.78, 5) is 27.4. The Kier molecular flexibility index (Phi) is 5.42. The minimum atomic E-state index is -1.09. The molecule has 3 aromatic rings. The van der Waals surface area contributed by atoms with Crippen molar-refractivity contribution in [3.8, 4) is 11.5 Å². The first kappa shape index (κ1) is 21.3. The lowest BCUT2D eigenvalue weighted by Crippen LogP contribution is -2.47. The van der Waals surface area contributed by atoms with Crippen LogP contribution >= 0.6 is 0 Å². The van der Waals surface area contributed by atoms with Gasteiger partial charge in [0.05, 0.1) is 13.7 Å². The Hall–Kier alpha value is -3.58. The van der Waals surface area contributed by atoms with E-state index in [2.05, 4.69) is 5.32 Å². The van der Waals surface area contributed by atoms with Crippen molar-refractivity contribution in [3.63, 3.8) is 0 Å². The van der Waals surface area contributed by atoms with E-state index in [4.69, 9.17) is 9.47 Å². The van der Waals surface area contributed by atoms with Gasteiger partial charge in [0.25, 0.3) is 5.91 Å². The summed E-state index contributed by atoms with van der Waals surface area (Å²) in [7, 11) is 1.60. The summed E-state index contributed by atoms with van der Waals surface area (Å²) < 4.78 is 11.2. The second-order valence-electron chi connectivity index (χ2n) is 8.57. The molecule has 0 aromatic heterocycles. The molecule has 3 aromatic carbocycles. The van der Waals surface area contributed by atoms with Gasteiger partial charge in [-0.1, -0.05) is 42.5 Å². The number of methoxy groups -OCH3 is 1. The fraction of sp³-hybridized carbons (Fsp3) is 0.308. The molecule has 5 rings (SSSR count). The van der Waals surface area contributed by atoms with Crippen molar-refractivity contribution in [1.82, 2.24) is 10.2 Å². The number of aliphatic hydroxyl groups is 1. The third-order valence-electron chi connectivity index (χ3n) is 6.52. The highest BCUT2D eigenvalue weighted by Gasteiger charge is 2.54. The average molecular weight is 447 g/mol. The zero-order valence-electron chi connectivity index (χ0n) is 18.4. The van der Waals surface area contributed by atoms with Crippen LogP contribution in [0.15, 0.2) is 60.7 Å². The summed E-state index contributed by atoms with van der Waals surface area (Å²) in [6.07, 6.45) is 1.09. The summed E-state index contributed by atoms with van der Waals surface area (Å²) in [6, 6.07) is 18.6. The van der Waals surface area contributed by atoms with Crippen LogP contribution in [0, 0.1) is 0 Å². The normalized spacial score (nSPS) is 20.6. The number of nitrogens with one attached hydrogen (secondary N) is 1. The molecule has 1 heterocycles. The molecule has 0 bridgehead atoms. The Morgan fingerprint density at radius 1 is 1.12 bits per heavy atom. The fourth-order valence-electron chi connectivity index (χ4n) is 4.91. The maximum absolute atomic E-state index is 13.5. The van der Waals surface area contributed by atoms with Crippen LogP contribution in [0.2, 0.25) is 0 Å². The van der Waals surface area contributed by atoms with Crippen molar-refractivity contribution in [2.45, 2.75) is 30.9 Å². The molecular weight excluding hydrogens is 420 g/mol. The minimum absolute atomic E-state index is 0.0359. The Bertz CT molecular complexity index is 1220. The molecule has 33 heavy (non-hydrogen) atoms. The highest BCUT2D eigenvalue weighted by molar-refractivity contribution is 6.07. The van der Waals surface area contributed by atoms with E-state index in [1.807, 2.05) is 54.6 Å². The molecule has 0 radical (unpaired) electrons. The summed E-state index contributed by atoms with van der Waals surface area (Å²) in [6.45, 7) is -0.172. The highest BCUT2D eigenvalue weighted by atomic mass is 16.5. The number of β-amino-alcohol motifs (C(OH)–C–C–N with tert-alkyl or cyclic N) is 1. The van der Waals surface area contributed by atoms with E-state index in [0.717, 1.165) is 45.4 Å². The number of fused-ring (bicyclic) bond motifs is 3. The largest absolute Gasteiger partial charge is 0.497 e. The molecule has 1 saturated heterocycles. The van der Waals surface area contributed by atoms with Crippen molar-refractivity contribution in [3.05, 3.63) is 71.8 Å². The van der Waals surface area contributed by atoms with Crippen LogP contribution in [-0.2, 0) is 16.8 Å². The van der Waals surface area contributed by atoms with Gasteiger partial charge in [-0.25, -0.2) is 4.79 Å². The standard InChI is InChI=1S/C26H26N2O5/c1-32-20-11-12-22-18(14-20)8-5-13-26(22)24(30)28(25(31)27-26)15-19(29)16-33-23-10-4-7-17-6-2-3-9-21(17)23/h2-4,6-7,9-12,14,19,29H,5,8,13,15-16H2,1H3,(H,27,31)/t19-,26+/m0/s1. The predicted molar refractivity (Wildman–Crippen MR) is 123 cm³/mol. The Morgan fingerprint density at radius 2 is 1.94 bits per heavy atom. The van der Waals surface area contributed by atoms with E-state index in [1.54, 1.807) is 13.2 Å². The van der Waals surface area contributed by atoms with Crippen LogP contribution in [0.3, 0.4) is 0 Å². The number of imide groups is 1. The van der Waals surface area contributed by atoms with Crippen molar-refractivity contribution in [2.75, 3.05) is 20.3 Å². The number of ether oxygens (including phenoxy) is 2. The number of hydrogen-bond donors (Lipinski definition) is 2. The Morgan fingerprint density at radius 3 is 2.79 bits per heavy atom. The fourth-order valence-corrected chi connectivity index (χ4v) is 4.91. The van der Waals surface area contributed by atoms with E-state index < -0.39 is 17.7 Å². The molecule has 0 saturated carbocycles. The summed E-state index contributed by atoms with van der Waals surface area (Å²) in [5, 5.41) is 15.5. The van der Waals surface area contributed by atoms with Gasteiger partial charge in [0.15, 0.2) is 0 Å². The van der Waals surface area contributed by atoms with Crippen LogP contribution in [0.4, 0.5) is 4.79 Å². The van der Waals surface area contributed by atoms with Gasteiger partial charge in [-0.3, -0.25) is 9.69 Å².